The van der Waals surface area contributed by atoms with Gasteiger partial charge in [-0.3, -0.25) is 4.90 Å². The van der Waals surface area contributed by atoms with E-state index in [-0.39, 0.29) is 56.1 Å². The summed E-state index contributed by atoms with van der Waals surface area (Å²) in [5, 5.41) is 11.2. The van der Waals surface area contributed by atoms with E-state index in [9.17, 15) is 36.4 Å². The van der Waals surface area contributed by atoms with E-state index in [1.54, 1.807) is 11.0 Å². The number of methoxy groups -OCH3 is 2. The topological polar surface area (TPSA) is 130 Å². The number of thiophene rings is 1. The second-order valence-electron chi connectivity index (χ2n) is 12.2. The molecular formula is C34H36F7N7O3S. The zero-order valence-corrected chi connectivity index (χ0v) is 29.1. The van der Waals surface area contributed by atoms with Gasteiger partial charge in [0.1, 0.15) is 41.1 Å². The Labute approximate surface area is 298 Å². The highest BCUT2D eigenvalue weighted by Gasteiger charge is 2.38. The SMILES string of the molecule is COC(=O)N1CCCC1.COc1nc(NCCF)c2cc(C(F)(F)F)c(-c3ccc(F)c4sc(N)c(C#N)c34)c(F)c2n1.FC1CC2CCCN2C1. The van der Waals surface area contributed by atoms with Crippen LogP contribution in [0.15, 0.2) is 18.2 Å². The molecule has 2 aromatic heterocycles. The number of anilines is 2. The summed E-state index contributed by atoms with van der Waals surface area (Å²) in [6, 6.07) is 4.41. The van der Waals surface area contributed by atoms with Crippen molar-refractivity contribution in [1.82, 2.24) is 19.8 Å². The van der Waals surface area contributed by atoms with Crippen molar-refractivity contribution in [3.05, 3.63) is 41.0 Å². The van der Waals surface area contributed by atoms with Crippen LogP contribution in [0.5, 0.6) is 6.01 Å². The van der Waals surface area contributed by atoms with Crippen LogP contribution < -0.4 is 15.8 Å². The molecule has 18 heteroatoms. The highest BCUT2D eigenvalue weighted by molar-refractivity contribution is 7.23. The van der Waals surface area contributed by atoms with Crippen molar-refractivity contribution in [2.75, 3.05) is 64.7 Å². The minimum absolute atomic E-state index is 0.125. The Hall–Kier alpha value is -4.63. The van der Waals surface area contributed by atoms with Gasteiger partial charge in [0.2, 0.25) is 0 Å². The van der Waals surface area contributed by atoms with Crippen molar-refractivity contribution < 1.29 is 45.0 Å². The first kappa shape index (κ1) is 38.6. The zero-order valence-electron chi connectivity index (χ0n) is 28.3. The van der Waals surface area contributed by atoms with Crippen LogP contribution in [-0.2, 0) is 10.9 Å². The number of fused-ring (bicyclic) bond motifs is 3. The lowest BCUT2D eigenvalue weighted by molar-refractivity contribution is -0.137. The number of hydrogen-bond acceptors (Lipinski definition) is 10. The van der Waals surface area contributed by atoms with Crippen molar-refractivity contribution >= 4 is 49.2 Å². The van der Waals surface area contributed by atoms with Crippen LogP contribution in [0, 0.1) is 23.0 Å². The van der Waals surface area contributed by atoms with Gasteiger partial charge in [-0.05, 0) is 56.3 Å². The molecule has 52 heavy (non-hydrogen) atoms. The summed E-state index contributed by atoms with van der Waals surface area (Å²) in [5.41, 5.74) is 2.20. The number of alkyl halides is 5. The van der Waals surface area contributed by atoms with Crippen LogP contribution in [0.2, 0.25) is 0 Å². The van der Waals surface area contributed by atoms with E-state index in [1.165, 1.54) is 27.1 Å². The first-order valence-corrected chi connectivity index (χ1v) is 17.2. The van der Waals surface area contributed by atoms with Crippen LogP contribution in [0.4, 0.5) is 46.3 Å². The Morgan fingerprint density at radius 3 is 2.50 bits per heavy atom. The lowest BCUT2D eigenvalue weighted by Gasteiger charge is -2.18. The maximum Gasteiger partial charge on any atom is 0.417 e. The fourth-order valence-electron chi connectivity index (χ4n) is 6.65. The van der Waals surface area contributed by atoms with Gasteiger partial charge >= 0.3 is 18.3 Å². The standard InChI is InChI=1S/C21H13F6N5OS.C7H12FN.C6H11NO2/c1-33-20-31-16-9(19(32-20)30-5-4-22)6-11(21(25,26)27)14(15(16)24)8-2-3-12(23)17-13(8)10(7-28)18(29)34-17;8-6-4-7-2-1-3-9(7)5-6;1-9-6(8)7-4-2-3-5-7/h2-3,6H,4-5,29H2,1H3,(H,30,31,32);6-7H,1-5H2;2-5H2,1H3. The fourth-order valence-corrected chi connectivity index (χ4v) is 7.60. The lowest BCUT2D eigenvalue weighted by atomic mass is 9.92. The van der Waals surface area contributed by atoms with Crippen molar-refractivity contribution in [3.8, 4) is 23.2 Å². The summed E-state index contributed by atoms with van der Waals surface area (Å²) >= 11 is 0.665. The van der Waals surface area contributed by atoms with Crippen LogP contribution in [0.3, 0.4) is 0 Å². The number of carbonyl (C=O) groups is 1. The first-order chi connectivity index (χ1) is 24.8. The smallest absolute Gasteiger partial charge is 0.417 e. The Morgan fingerprint density at radius 1 is 1.15 bits per heavy atom. The molecule has 3 aliphatic rings. The molecule has 3 N–H and O–H groups in total. The molecule has 280 valence electrons. The Morgan fingerprint density at radius 2 is 1.88 bits per heavy atom. The van der Waals surface area contributed by atoms with Crippen molar-refractivity contribution in [1.29, 1.82) is 5.26 Å². The third-order valence-electron chi connectivity index (χ3n) is 8.98. The molecule has 2 aromatic carbocycles. The van der Waals surface area contributed by atoms with E-state index in [0.717, 1.165) is 51.0 Å². The van der Waals surface area contributed by atoms with E-state index in [1.807, 2.05) is 0 Å². The van der Waals surface area contributed by atoms with Crippen LogP contribution >= 0.6 is 11.3 Å². The molecule has 3 fully saturated rings. The van der Waals surface area contributed by atoms with Crippen LogP contribution in [-0.4, -0.2) is 91.7 Å². The number of nitrogens with zero attached hydrogens (tertiary/aromatic N) is 5. The number of benzene rings is 2. The maximum absolute atomic E-state index is 15.9. The predicted octanol–water partition coefficient (Wildman–Crippen LogP) is 7.69. The summed E-state index contributed by atoms with van der Waals surface area (Å²) in [5.74, 6) is -2.50. The van der Waals surface area contributed by atoms with Gasteiger partial charge in [0.15, 0.2) is 5.82 Å². The maximum atomic E-state index is 15.9. The molecule has 1 amide bonds. The predicted molar refractivity (Wildman–Crippen MR) is 183 cm³/mol. The minimum atomic E-state index is -5.07. The normalized spacial score (nSPS) is 18.3. The zero-order chi connectivity index (χ0) is 37.7. The van der Waals surface area contributed by atoms with Crippen LogP contribution in [0.25, 0.3) is 32.1 Å². The number of rotatable bonds is 5. The second kappa shape index (κ2) is 16.4. The average Bonchev–Trinajstić information content (AvgIpc) is 3.93. The molecule has 0 aliphatic carbocycles. The van der Waals surface area contributed by atoms with Crippen LogP contribution in [0.1, 0.15) is 43.2 Å². The number of ether oxygens (including phenoxy) is 2. The average molecular weight is 756 g/mol. The molecule has 10 nitrogen and oxygen atoms in total. The highest BCUT2D eigenvalue weighted by Crippen LogP contribution is 2.47. The molecule has 2 unspecified atom stereocenters. The summed E-state index contributed by atoms with van der Waals surface area (Å²) in [6.07, 6.45) is -0.207. The van der Waals surface area contributed by atoms with Gasteiger partial charge in [-0.1, -0.05) is 6.07 Å². The number of carbonyl (C=O) groups excluding carboxylic acids is 1. The molecule has 0 bridgehead atoms. The number of aromatic nitrogens is 2. The summed E-state index contributed by atoms with van der Waals surface area (Å²) in [6.45, 7) is 2.41. The summed E-state index contributed by atoms with van der Waals surface area (Å²) < 4.78 is 107. The summed E-state index contributed by atoms with van der Waals surface area (Å²) in [4.78, 5) is 22.4. The van der Waals surface area contributed by atoms with Gasteiger partial charge in [0.05, 0.1) is 30.0 Å². The number of nitrogens with one attached hydrogen (secondary N) is 1. The third kappa shape index (κ3) is 8.04. The number of hydrogen-bond donors (Lipinski definition) is 2. The van der Waals surface area contributed by atoms with Gasteiger partial charge in [-0.2, -0.15) is 28.4 Å². The van der Waals surface area contributed by atoms with E-state index in [0.29, 0.717) is 30.0 Å². The Balaban J connectivity index is 0.000000233. The van der Waals surface area contributed by atoms with Gasteiger partial charge in [-0.25, -0.2) is 22.4 Å². The largest absolute Gasteiger partial charge is 0.467 e. The first-order valence-electron chi connectivity index (χ1n) is 16.4. The van der Waals surface area contributed by atoms with E-state index in [2.05, 4.69) is 24.9 Å². The fraction of sp³-hybridized carbons (Fsp3) is 0.471. The molecule has 5 heterocycles. The molecule has 3 aliphatic heterocycles. The molecule has 7 rings (SSSR count). The van der Waals surface area contributed by atoms with Gasteiger partial charge in [0, 0.05) is 48.6 Å². The Bertz CT molecular complexity index is 1950. The summed E-state index contributed by atoms with van der Waals surface area (Å²) in [7, 11) is 2.58. The van der Waals surface area contributed by atoms with Gasteiger partial charge in [0.25, 0.3) is 0 Å². The molecule has 2 atom stereocenters. The van der Waals surface area contributed by atoms with E-state index < -0.39 is 47.3 Å². The molecule has 0 radical (unpaired) electrons. The van der Waals surface area contributed by atoms with Crippen molar-refractivity contribution in [2.24, 2.45) is 0 Å². The molecule has 0 saturated carbocycles. The highest BCUT2D eigenvalue weighted by atomic mass is 32.1. The van der Waals surface area contributed by atoms with Crippen molar-refractivity contribution in [2.45, 2.75) is 50.5 Å². The van der Waals surface area contributed by atoms with E-state index in [4.69, 9.17) is 10.5 Å². The minimum Gasteiger partial charge on any atom is -0.467 e. The number of halogens is 7. The number of nitriles is 1. The molecule has 3 saturated heterocycles. The quantitative estimate of drug-likeness (QED) is 0.197. The number of amides is 1. The Kier molecular flexibility index (Phi) is 12.1. The number of nitrogens with two attached hydrogens (primary N) is 1. The van der Waals surface area contributed by atoms with E-state index >= 15 is 4.39 Å². The number of likely N-dealkylation sites (tertiary alicyclic amines) is 1. The van der Waals surface area contributed by atoms with Gasteiger partial charge < -0.3 is 25.4 Å². The number of nitrogen functional groups attached to an aromatic ring is 1. The second-order valence-corrected chi connectivity index (χ2v) is 13.3. The molecule has 0 spiro atoms. The molecule has 4 aromatic rings. The van der Waals surface area contributed by atoms with Gasteiger partial charge in [-0.15, -0.1) is 11.3 Å². The third-order valence-corrected chi connectivity index (χ3v) is 10.0. The monoisotopic (exact) mass is 755 g/mol. The molecular weight excluding hydrogens is 719 g/mol. The lowest BCUT2D eigenvalue weighted by Crippen LogP contribution is -2.27. The van der Waals surface area contributed by atoms with Crippen molar-refractivity contribution in [3.63, 3.8) is 0 Å².